The molecule has 1 saturated heterocycles. The molecule has 4 rings (SSSR count). The molecule has 0 aromatic carbocycles. The van der Waals surface area contributed by atoms with Crippen molar-refractivity contribution in [1.82, 2.24) is 14.9 Å². The number of aryl methyl sites for hydroxylation is 1. The molecular formula is C31H44N8O2S. The highest BCUT2D eigenvalue weighted by Crippen LogP contribution is 2.44. The van der Waals surface area contributed by atoms with Gasteiger partial charge in [0.05, 0.1) is 22.7 Å². The summed E-state index contributed by atoms with van der Waals surface area (Å²) in [6, 6.07) is 4.19. The van der Waals surface area contributed by atoms with E-state index in [-0.39, 0.29) is 17.3 Å². The van der Waals surface area contributed by atoms with Crippen LogP contribution in [0.5, 0.6) is 5.88 Å². The number of ether oxygens (including phenoxy) is 1. The van der Waals surface area contributed by atoms with Crippen LogP contribution in [-0.4, -0.2) is 60.2 Å². The number of carbonyl (C=O) groups excluding carboxylic acids is 1. The van der Waals surface area contributed by atoms with Crippen molar-refractivity contribution in [2.45, 2.75) is 77.7 Å². The van der Waals surface area contributed by atoms with E-state index in [0.717, 1.165) is 42.7 Å². The Morgan fingerprint density at radius 2 is 2.05 bits per heavy atom. The van der Waals surface area contributed by atoms with Crippen molar-refractivity contribution in [3.05, 3.63) is 45.2 Å². The summed E-state index contributed by atoms with van der Waals surface area (Å²) in [6.07, 6.45) is 8.83. The largest absolute Gasteiger partial charge is 0.476 e. The van der Waals surface area contributed by atoms with Gasteiger partial charge in [-0.25, -0.2) is 4.98 Å². The molecule has 1 aliphatic carbocycles. The summed E-state index contributed by atoms with van der Waals surface area (Å²) >= 11 is 1.40. The van der Waals surface area contributed by atoms with E-state index < -0.39 is 5.92 Å². The molecule has 10 nitrogen and oxygen atoms in total. The molecule has 0 radical (unpaired) electrons. The average Bonchev–Trinajstić information content (AvgIpc) is 3.58. The highest BCUT2D eigenvalue weighted by molar-refractivity contribution is 7.16. The second kappa shape index (κ2) is 15.5. The van der Waals surface area contributed by atoms with Crippen LogP contribution in [0.3, 0.4) is 0 Å². The number of allylic oxidation sites excluding steroid dienone is 2. The predicted molar refractivity (Wildman–Crippen MR) is 171 cm³/mol. The maximum absolute atomic E-state index is 14.1. The van der Waals surface area contributed by atoms with Gasteiger partial charge < -0.3 is 26.8 Å². The lowest BCUT2D eigenvalue weighted by atomic mass is 9.79. The molecule has 6 N–H and O–H groups in total. The van der Waals surface area contributed by atoms with Gasteiger partial charge in [-0.3, -0.25) is 9.79 Å². The van der Waals surface area contributed by atoms with E-state index in [4.69, 9.17) is 21.9 Å². The molecule has 0 amide bonds. The minimum atomic E-state index is -0.477. The number of anilines is 1. The first kappa shape index (κ1) is 32.8. The van der Waals surface area contributed by atoms with Crippen molar-refractivity contribution >= 4 is 39.7 Å². The van der Waals surface area contributed by atoms with Crippen LogP contribution in [0, 0.1) is 11.3 Å². The molecule has 0 spiro atoms. The van der Waals surface area contributed by atoms with Crippen molar-refractivity contribution in [2.24, 2.45) is 16.5 Å². The molecular weight excluding hydrogens is 548 g/mol. The average molecular weight is 593 g/mol. The second-order valence-corrected chi connectivity index (χ2v) is 11.4. The first-order valence-electron chi connectivity index (χ1n) is 14.7. The number of ketones is 1. The number of nitrogens with two attached hydrogens (primary N) is 3. The second-order valence-electron chi connectivity index (χ2n) is 10.3. The number of aliphatic imine (C=N–C) groups is 1. The molecule has 2 atom stereocenters. The van der Waals surface area contributed by atoms with Gasteiger partial charge in [-0.2, -0.15) is 10.2 Å². The van der Waals surface area contributed by atoms with Crippen molar-refractivity contribution in [3.63, 3.8) is 0 Å². The smallest absolute Gasteiger partial charge is 0.217 e. The fraction of sp³-hybridized carbons (Fsp3) is 0.516. The number of thiophene rings is 1. The van der Waals surface area contributed by atoms with E-state index in [0.29, 0.717) is 65.3 Å². The van der Waals surface area contributed by atoms with Gasteiger partial charge in [-0.05, 0) is 63.8 Å². The summed E-state index contributed by atoms with van der Waals surface area (Å²) in [7, 11) is 3.74. The Kier molecular flexibility index (Phi) is 12.1. The molecule has 2 aliphatic rings. The van der Waals surface area contributed by atoms with Crippen LogP contribution in [0.25, 0.3) is 11.4 Å². The van der Waals surface area contributed by atoms with Crippen molar-refractivity contribution in [3.8, 4) is 11.9 Å². The number of nitrogens with zero attached hydrogens (tertiary/aromatic N) is 5. The fourth-order valence-electron chi connectivity index (χ4n) is 5.42. The van der Waals surface area contributed by atoms with Gasteiger partial charge in [-0.1, -0.05) is 27.2 Å². The Bertz CT molecular complexity index is 1390. The van der Waals surface area contributed by atoms with Gasteiger partial charge in [-0.15, -0.1) is 11.3 Å². The topological polar surface area (TPSA) is 170 Å². The van der Waals surface area contributed by atoms with Crippen LogP contribution in [-0.2, 0) is 11.2 Å². The van der Waals surface area contributed by atoms with Crippen LogP contribution < -0.4 is 21.9 Å². The summed E-state index contributed by atoms with van der Waals surface area (Å²) < 4.78 is 6.12. The summed E-state index contributed by atoms with van der Waals surface area (Å²) in [6.45, 7) is 7.49. The third-order valence-corrected chi connectivity index (χ3v) is 8.68. The maximum atomic E-state index is 14.1. The Hall–Kier alpha value is -3.75. The van der Waals surface area contributed by atoms with Gasteiger partial charge in [0.2, 0.25) is 5.88 Å². The van der Waals surface area contributed by atoms with Gasteiger partial charge in [0.1, 0.15) is 17.7 Å². The van der Waals surface area contributed by atoms with E-state index in [9.17, 15) is 10.1 Å². The molecule has 3 heterocycles. The van der Waals surface area contributed by atoms with E-state index >= 15 is 0 Å². The SMILES string of the molecule is CC.CCC/C(C(=O)[C@H]1CCCc2sc(N)c(C#N)c21)=C(/N)c1nc(OC[C@@H]2CCCN2C)cc(/C(N)=C/C=NC)n1. The highest BCUT2D eigenvalue weighted by atomic mass is 32.1. The molecule has 0 saturated carbocycles. The van der Waals surface area contributed by atoms with Crippen LogP contribution in [0.15, 0.2) is 22.7 Å². The minimum absolute atomic E-state index is 0.111. The lowest BCUT2D eigenvalue weighted by Gasteiger charge is -2.24. The number of hydrogen-bond acceptors (Lipinski definition) is 11. The van der Waals surface area contributed by atoms with Crippen molar-refractivity contribution in [1.29, 1.82) is 5.26 Å². The highest BCUT2D eigenvalue weighted by Gasteiger charge is 2.34. The number of likely N-dealkylation sites (N-methyl/N-ethyl adjacent to an activating group) is 1. The number of nitrogen functional groups attached to an aromatic ring is 1. The third kappa shape index (κ3) is 7.36. The summed E-state index contributed by atoms with van der Waals surface area (Å²) in [5, 5.41) is 10.2. The Morgan fingerprint density at radius 3 is 2.69 bits per heavy atom. The number of fused-ring (bicyclic) bond motifs is 1. The standard InChI is InChI=1S/C29H38N8O2S.C2H6/c1-4-7-19(27(38)18-9-5-10-23-25(18)20(15-30)28(33)40-23)26(32)29-35-22(21(31)11-12-34-2)14-24(36-29)39-16-17-8-6-13-37(17)3;1-2/h11-12,14,17-18H,4-10,13,16,31-33H2,1-3H3;1-2H3/b21-11-,26-19-,34-12?;/t17-,18-;/m0./s1. The molecule has 11 heteroatoms. The Balaban J connectivity index is 0.00000237. The Labute approximate surface area is 253 Å². The number of carbonyl (C=O) groups is 1. The fourth-order valence-corrected chi connectivity index (χ4v) is 6.54. The summed E-state index contributed by atoms with van der Waals surface area (Å²) in [5.74, 6) is -0.0567. The van der Waals surface area contributed by atoms with Crippen LogP contribution in [0.4, 0.5) is 5.00 Å². The normalized spacial score (nSPS) is 19.5. The van der Waals surface area contributed by atoms with Gasteiger partial charge >= 0.3 is 0 Å². The molecule has 0 unspecified atom stereocenters. The number of hydrogen-bond donors (Lipinski definition) is 3. The minimum Gasteiger partial charge on any atom is -0.476 e. The van der Waals surface area contributed by atoms with Gasteiger partial charge in [0, 0.05) is 41.7 Å². The zero-order chi connectivity index (χ0) is 30.8. The predicted octanol–water partition coefficient (Wildman–Crippen LogP) is 4.65. The number of rotatable bonds is 10. The van der Waals surface area contributed by atoms with Crippen molar-refractivity contribution in [2.75, 3.05) is 33.0 Å². The van der Waals surface area contributed by atoms with E-state index in [1.54, 1.807) is 25.4 Å². The quantitative estimate of drug-likeness (QED) is 0.262. The molecule has 1 aliphatic heterocycles. The summed E-state index contributed by atoms with van der Waals surface area (Å²) in [5.41, 5.74) is 21.8. The molecule has 42 heavy (non-hydrogen) atoms. The van der Waals surface area contributed by atoms with Crippen LogP contribution >= 0.6 is 11.3 Å². The third-order valence-electron chi connectivity index (χ3n) is 7.58. The van der Waals surface area contributed by atoms with Crippen molar-refractivity contribution < 1.29 is 9.53 Å². The number of likely N-dealkylation sites (tertiary alicyclic amines) is 1. The molecule has 1 fully saturated rings. The Morgan fingerprint density at radius 1 is 1.29 bits per heavy atom. The molecule has 226 valence electrons. The van der Waals surface area contributed by atoms with E-state index in [2.05, 4.69) is 33.0 Å². The zero-order valence-electron chi connectivity index (χ0n) is 25.4. The first-order chi connectivity index (χ1) is 20.3. The summed E-state index contributed by atoms with van der Waals surface area (Å²) in [4.78, 5) is 30.6. The van der Waals surface area contributed by atoms with E-state index in [1.807, 2.05) is 20.8 Å². The number of nitriles is 1. The van der Waals surface area contributed by atoms with Gasteiger partial charge in [0.15, 0.2) is 11.6 Å². The lowest BCUT2D eigenvalue weighted by Crippen LogP contribution is -2.30. The monoisotopic (exact) mass is 592 g/mol. The van der Waals surface area contributed by atoms with Crippen LogP contribution in [0.1, 0.15) is 92.7 Å². The maximum Gasteiger partial charge on any atom is 0.217 e. The lowest BCUT2D eigenvalue weighted by molar-refractivity contribution is -0.117. The zero-order valence-corrected chi connectivity index (χ0v) is 26.3. The molecule has 0 bridgehead atoms. The van der Waals surface area contributed by atoms with E-state index in [1.165, 1.54) is 11.3 Å². The van der Waals surface area contributed by atoms with Crippen LogP contribution in [0.2, 0.25) is 0 Å². The first-order valence-corrected chi connectivity index (χ1v) is 15.5. The molecule has 2 aromatic rings. The van der Waals surface area contributed by atoms with Gasteiger partial charge in [0.25, 0.3) is 0 Å². The number of aromatic nitrogens is 2. The number of Topliss-reactive ketones (excluding diaryl/α,β-unsaturated/α-hetero) is 1. The molecule has 2 aromatic heterocycles.